The lowest BCUT2D eigenvalue weighted by Gasteiger charge is -2.34. The van der Waals surface area contributed by atoms with Crippen molar-refractivity contribution in [1.82, 2.24) is 9.80 Å². The van der Waals surface area contributed by atoms with Gasteiger partial charge in [-0.1, -0.05) is 19.1 Å². The molecule has 1 aromatic carbocycles. The van der Waals surface area contributed by atoms with Crippen molar-refractivity contribution in [1.29, 1.82) is 0 Å². The zero-order valence-corrected chi connectivity index (χ0v) is 15.2. The first kappa shape index (κ1) is 16.9. The molecule has 5 nitrogen and oxygen atoms in total. The molecule has 1 saturated carbocycles. The van der Waals surface area contributed by atoms with E-state index in [-0.39, 0.29) is 5.92 Å². The van der Waals surface area contributed by atoms with Crippen molar-refractivity contribution < 1.29 is 14.3 Å². The number of hydrogen-bond acceptors (Lipinski definition) is 4. The van der Waals surface area contributed by atoms with Crippen molar-refractivity contribution in [2.24, 2.45) is 11.8 Å². The van der Waals surface area contributed by atoms with Crippen molar-refractivity contribution in [3.63, 3.8) is 0 Å². The van der Waals surface area contributed by atoms with E-state index in [2.05, 4.69) is 28.9 Å². The Morgan fingerprint density at radius 2 is 1.88 bits per heavy atom. The molecule has 2 aliphatic heterocycles. The monoisotopic (exact) mass is 344 g/mol. The number of morpholine rings is 1. The average Bonchev–Trinajstić information content (AvgIpc) is 3.37. The predicted octanol–water partition coefficient (Wildman–Crippen LogP) is 1.98. The lowest BCUT2D eigenvalue weighted by molar-refractivity contribution is -0.131. The van der Waals surface area contributed by atoms with Crippen LogP contribution in [0.15, 0.2) is 24.3 Å². The van der Waals surface area contributed by atoms with Crippen LogP contribution in [-0.2, 0) is 9.53 Å². The molecule has 0 radical (unpaired) electrons. The SMILES string of the molecule is COc1ccc([C@@H]2C[C@@H]2C(=O)N2C[C@H](C)[C@@H](N3CCOCC3)C2)cc1. The van der Waals surface area contributed by atoms with E-state index in [9.17, 15) is 4.79 Å². The molecule has 4 atom stereocenters. The summed E-state index contributed by atoms with van der Waals surface area (Å²) < 4.78 is 10.7. The van der Waals surface area contributed by atoms with Crippen molar-refractivity contribution in [2.45, 2.75) is 25.3 Å². The largest absolute Gasteiger partial charge is 0.497 e. The highest BCUT2D eigenvalue weighted by atomic mass is 16.5. The highest BCUT2D eigenvalue weighted by Crippen LogP contribution is 2.49. The van der Waals surface area contributed by atoms with Gasteiger partial charge in [0.15, 0.2) is 0 Å². The fourth-order valence-electron chi connectivity index (χ4n) is 4.44. The number of rotatable bonds is 4. The van der Waals surface area contributed by atoms with Gasteiger partial charge in [-0.3, -0.25) is 9.69 Å². The van der Waals surface area contributed by atoms with Gasteiger partial charge in [0.05, 0.1) is 20.3 Å². The number of likely N-dealkylation sites (tertiary alicyclic amines) is 1. The minimum absolute atomic E-state index is 0.170. The summed E-state index contributed by atoms with van der Waals surface area (Å²) >= 11 is 0. The number of benzene rings is 1. The Kier molecular flexibility index (Phi) is 4.69. The van der Waals surface area contributed by atoms with Crippen LogP contribution < -0.4 is 4.74 Å². The molecule has 0 bridgehead atoms. The fraction of sp³-hybridized carbons (Fsp3) is 0.650. The van der Waals surface area contributed by atoms with Gasteiger partial charge in [0.25, 0.3) is 0 Å². The second-order valence-electron chi connectivity index (χ2n) is 7.66. The van der Waals surface area contributed by atoms with E-state index in [1.165, 1.54) is 5.56 Å². The fourth-order valence-corrected chi connectivity index (χ4v) is 4.44. The molecule has 25 heavy (non-hydrogen) atoms. The summed E-state index contributed by atoms with van der Waals surface area (Å²) in [7, 11) is 1.68. The molecule has 0 N–H and O–H groups in total. The van der Waals surface area contributed by atoms with Crippen molar-refractivity contribution in [3.8, 4) is 5.75 Å². The van der Waals surface area contributed by atoms with Gasteiger partial charge in [-0.2, -0.15) is 0 Å². The molecule has 0 spiro atoms. The molecule has 1 aliphatic carbocycles. The Balaban J connectivity index is 1.35. The summed E-state index contributed by atoms with van der Waals surface area (Å²) in [5.74, 6) is 2.32. The maximum atomic E-state index is 12.9. The Hall–Kier alpha value is -1.59. The van der Waals surface area contributed by atoms with Gasteiger partial charge >= 0.3 is 0 Å². The minimum atomic E-state index is 0.170. The Bertz CT molecular complexity index is 612. The third kappa shape index (κ3) is 3.40. The zero-order chi connectivity index (χ0) is 17.4. The first-order chi connectivity index (χ1) is 12.2. The van der Waals surface area contributed by atoms with Gasteiger partial charge < -0.3 is 14.4 Å². The van der Waals surface area contributed by atoms with Crippen LogP contribution >= 0.6 is 0 Å². The van der Waals surface area contributed by atoms with Crippen molar-refractivity contribution >= 4 is 5.91 Å². The second-order valence-corrected chi connectivity index (χ2v) is 7.66. The molecular formula is C20H28N2O3. The maximum Gasteiger partial charge on any atom is 0.226 e. The predicted molar refractivity (Wildman–Crippen MR) is 95.8 cm³/mol. The summed E-state index contributed by atoms with van der Waals surface area (Å²) in [6.07, 6.45) is 0.984. The van der Waals surface area contributed by atoms with Crippen LogP contribution in [0.25, 0.3) is 0 Å². The van der Waals surface area contributed by atoms with Crippen LogP contribution in [0.1, 0.15) is 24.8 Å². The van der Waals surface area contributed by atoms with Crippen LogP contribution in [-0.4, -0.2) is 68.3 Å². The molecule has 5 heteroatoms. The number of carbonyl (C=O) groups excluding carboxylic acids is 1. The summed E-state index contributed by atoms with van der Waals surface area (Å²) in [6, 6.07) is 8.66. The van der Waals surface area contributed by atoms with Crippen LogP contribution in [0.4, 0.5) is 0 Å². The van der Waals surface area contributed by atoms with Crippen LogP contribution in [0.2, 0.25) is 0 Å². The Morgan fingerprint density at radius 1 is 1.16 bits per heavy atom. The number of ether oxygens (including phenoxy) is 2. The highest BCUT2D eigenvalue weighted by molar-refractivity contribution is 5.83. The van der Waals surface area contributed by atoms with Gasteiger partial charge in [-0.05, 0) is 36.0 Å². The molecular weight excluding hydrogens is 316 g/mol. The second kappa shape index (κ2) is 6.96. The lowest BCUT2D eigenvalue weighted by atomic mass is 10.0. The van der Waals surface area contributed by atoms with Gasteiger partial charge in [0, 0.05) is 38.1 Å². The van der Waals surface area contributed by atoms with Crippen LogP contribution in [0, 0.1) is 11.8 Å². The number of nitrogens with zero attached hydrogens (tertiary/aromatic N) is 2. The summed E-state index contributed by atoms with van der Waals surface area (Å²) in [5.41, 5.74) is 1.26. The molecule has 3 fully saturated rings. The van der Waals surface area contributed by atoms with E-state index in [1.807, 2.05) is 12.1 Å². The van der Waals surface area contributed by atoms with E-state index in [4.69, 9.17) is 9.47 Å². The van der Waals surface area contributed by atoms with Crippen molar-refractivity contribution in [3.05, 3.63) is 29.8 Å². The molecule has 2 saturated heterocycles. The lowest BCUT2D eigenvalue weighted by Crippen LogP contribution is -2.47. The standard InChI is InChI=1S/C20H28N2O3/c1-14-12-22(13-19(14)21-7-9-25-10-8-21)20(23)18-11-17(18)15-3-5-16(24-2)6-4-15/h3-6,14,17-19H,7-13H2,1-2H3/t14-,17-,18-,19-/m0/s1. The Labute approximate surface area is 149 Å². The topological polar surface area (TPSA) is 42.0 Å². The molecule has 136 valence electrons. The Morgan fingerprint density at radius 3 is 2.56 bits per heavy atom. The van der Waals surface area contributed by atoms with E-state index >= 15 is 0 Å². The highest BCUT2D eigenvalue weighted by Gasteiger charge is 2.48. The van der Waals surface area contributed by atoms with Gasteiger partial charge in [-0.25, -0.2) is 0 Å². The summed E-state index contributed by atoms with van der Waals surface area (Å²) in [5, 5.41) is 0. The van der Waals surface area contributed by atoms with Gasteiger partial charge in [0.1, 0.15) is 5.75 Å². The van der Waals surface area contributed by atoms with Gasteiger partial charge in [-0.15, -0.1) is 0 Å². The van der Waals surface area contributed by atoms with E-state index in [1.54, 1.807) is 7.11 Å². The third-order valence-corrected chi connectivity index (χ3v) is 6.05. The third-order valence-electron chi connectivity index (χ3n) is 6.05. The quantitative estimate of drug-likeness (QED) is 0.838. The molecule has 4 rings (SSSR count). The molecule has 1 amide bonds. The zero-order valence-electron chi connectivity index (χ0n) is 15.2. The number of carbonyl (C=O) groups is 1. The first-order valence-corrected chi connectivity index (χ1v) is 9.42. The normalized spacial score (nSPS) is 32.6. The van der Waals surface area contributed by atoms with E-state index in [0.29, 0.717) is 23.8 Å². The number of methoxy groups -OCH3 is 1. The number of amides is 1. The van der Waals surface area contributed by atoms with Gasteiger partial charge in [0.2, 0.25) is 5.91 Å². The maximum absolute atomic E-state index is 12.9. The smallest absolute Gasteiger partial charge is 0.226 e. The number of hydrogen-bond donors (Lipinski definition) is 0. The molecule has 2 heterocycles. The van der Waals surface area contributed by atoms with Crippen LogP contribution in [0.5, 0.6) is 5.75 Å². The first-order valence-electron chi connectivity index (χ1n) is 9.42. The summed E-state index contributed by atoms with van der Waals surface area (Å²) in [4.78, 5) is 17.6. The molecule has 3 aliphatic rings. The molecule has 1 aromatic rings. The molecule has 0 aromatic heterocycles. The van der Waals surface area contributed by atoms with E-state index in [0.717, 1.165) is 51.6 Å². The van der Waals surface area contributed by atoms with Crippen molar-refractivity contribution in [2.75, 3.05) is 46.5 Å². The molecule has 0 unspecified atom stereocenters. The van der Waals surface area contributed by atoms with E-state index < -0.39 is 0 Å². The minimum Gasteiger partial charge on any atom is -0.497 e. The summed E-state index contributed by atoms with van der Waals surface area (Å²) in [6.45, 7) is 7.68. The van der Waals surface area contributed by atoms with Crippen LogP contribution in [0.3, 0.4) is 0 Å². The average molecular weight is 344 g/mol.